The maximum Gasteiger partial charge on any atom is 0.417 e. The van der Waals surface area contributed by atoms with E-state index in [4.69, 9.17) is 11.6 Å². The molecule has 3 heterocycles. The van der Waals surface area contributed by atoms with E-state index < -0.39 is 26.8 Å². The average molecular weight is 437 g/mol. The first-order valence-corrected chi connectivity index (χ1v) is 11.0. The SMILES string of the molecule is O=S(=O)(c1ccc(Cl)c(C(F)(F)F)c1)N1CC(N2CCc3sccc3C2)C1. The predicted molar refractivity (Wildman–Crippen MR) is 97.4 cm³/mol. The van der Waals surface area contributed by atoms with Gasteiger partial charge in [0.25, 0.3) is 0 Å². The van der Waals surface area contributed by atoms with Gasteiger partial charge in [-0.1, -0.05) is 11.6 Å². The van der Waals surface area contributed by atoms with Crippen molar-refractivity contribution in [1.82, 2.24) is 9.21 Å². The summed E-state index contributed by atoms with van der Waals surface area (Å²) in [5, 5.41) is 1.55. The third-order valence-electron chi connectivity index (χ3n) is 5.06. The van der Waals surface area contributed by atoms with E-state index in [1.165, 1.54) is 14.7 Å². The monoisotopic (exact) mass is 436 g/mol. The van der Waals surface area contributed by atoms with E-state index in [1.807, 2.05) is 0 Å². The molecule has 4 nitrogen and oxygen atoms in total. The maximum atomic E-state index is 13.0. The molecule has 27 heavy (non-hydrogen) atoms. The molecule has 0 unspecified atom stereocenters. The van der Waals surface area contributed by atoms with Gasteiger partial charge in [0.15, 0.2) is 0 Å². The Morgan fingerprint density at radius 1 is 1.19 bits per heavy atom. The zero-order valence-electron chi connectivity index (χ0n) is 14.0. The Hall–Kier alpha value is -1.13. The summed E-state index contributed by atoms with van der Waals surface area (Å²) in [6, 6.07) is 4.90. The molecule has 2 aliphatic rings. The molecule has 1 aromatic heterocycles. The van der Waals surface area contributed by atoms with Gasteiger partial charge in [-0.15, -0.1) is 11.3 Å². The number of fused-ring (bicyclic) bond motifs is 1. The molecule has 1 aromatic carbocycles. The number of rotatable bonds is 3. The van der Waals surface area contributed by atoms with Gasteiger partial charge in [0.05, 0.1) is 15.5 Å². The van der Waals surface area contributed by atoms with Gasteiger partial charge >= 0.3 is 6.18 Å². The van der Waals surface area contributed by atoms with Crippen molar-refractivity contribution in [2.45, 2.75) is 30.1 Å². The number of hydrogen-bond donors (Lipinski definition) is 0. The Bertz CT molecular complexity index is 969. The minimum Gasteiger partial charge on any atom is -0.293 e. The Morgan fingerprint density at radius 2 is 1.93 bits per heavy atom. The molecular weight excluding hydrogens is 421 g/mol. The summed E-state index contributed by atoms with van der Waals surface area (Å²) >= 11 is 7.32. The van der Waals surface area contributed by atoms with Crippen molar-refractivity contribution >= 4 is 33.0 Å². The summed E-state index contributed by atoms with van der Waals surface area (Å²) in [6.07, 6.45) is -3.76. The summed E-state index contributed by atoms with van der Waals surface area (Å²) in [6.45, 7) is 2.22. The highest BCUT2D eigenvalue weighted by molar-refractivity contribution is 7.89. The van der Waals surface area contributed by atoms with Crippen molar-refractivity contribution in [2.75, 3.05) is 19.6 Å². The Labute approximate surface area is 164 Å². The normalized spacial score (nSPS) is 19.7. The molecule has 1 fully saturated rings. The van der Waals surface area contributed by atoms with E-state index in [9.17, 15) is 21.6 Å². The molecular formula is C17H16ClF3N2O2S2. The van der Waals surface area contributed by atoms with Crippen LogP contribution in [0.5, 0.6) is 0 Å². The number of thiophene rings is 1. The first-order valence-electron chi connectivity index (χ1n) is 8.32. The van der Waals surface area contributed by atoms with Gasteiger partial charge in [0.1, 0.15) is 0 Å². The molecule has 0 spiro atoms. The fourth-order valence-corrected chi connectivity index (χ4v) is 6.11. The largest absolute Gasteiger partial charge is 0.417 e. The zero-order valence-corrected chi connectivity index (χ0v) is 16.4. The molecule has 10 heteroatoms. The zero-order chi connectivity index (χ0) is 19.4. The number of hydrogen-bond acceptors (Lipinski definition) is 4. The van der Waals surface area contributed by atoms with Gasteiger partial charge in [0.2, 0.25) is 10.0 Å². The fourth-order valence-electron chi connectivity index (χ4n) is 3.46. The van der Waals surface area contributed by atoms with Crippen LogP contribution in [-0.4, -0.2) is 43.3 Å². The number of sulfonamides is 1. The lowest BCUT2D eigenvalue weighted by Gasteiger charge is -2.45. The van der Waals surface area contributed by atoms with Crippen LogP contribution in [0.15, 0.2) is 34.5 Å². The topological polar surface area (TPSA) is 40.6 Å². The third-order valence-corrected chi connectivity index (χ3v) is 8.24. The van der Waals surface area contributed by atoms with Gasteiger partial charge in [-0.2, -0.15) is 17.5 Å². The van der Waals surface area contributed by atoms with Gasteiger partial charge in [0, 0.05) is 37.1 Å². The van der Waals surface area contributed by atoms with E-state index in [2.05, 4.69) is 16.3 Å². The molecule has 0 atom stereocenters. The molecule has 4 rings (SSSR count). The summed E-state index contributed by atoms with van der Waals surface area (Å²) in [5.41, 5.74) is 0.142. The smallest absolute Gasteiger partial charge is 0.293 e. The van der Waals surface area contributed by atoms with Crippen LogP contribution in [0.25, 0.3) is 0 Å². The number of nitrogens with zero attached hydrogens (tertiary/aromatic N) is 2. The van der Waals surface area contributed by atoms with Crippen molar-refractivity contribution in [2.24, 2.45) is 0 Å². The van der Waals surface area contributed by atoms with Gasteiger partial charge in [-0.05, 0) is 41.6 Å². The summed E-state index contributed by atoms with van der Waals surface area (Å²) in [4.78, 5) is 3.23. The van der Waals surface area contributed by atoms with Crippen molar-refractivity contribution in [3.05, 3.63) is 50.7 Å². The standard InChI is InChI=1S/C17H16ClF3N2O2S2/c18-15-2-1-13(7-14(15)17(19,20)21)27(24,25)23-9-12(10-23)22-5-3-16-11(8-22)4-6-26-16/h1-2,4,6-7,12H,3,5,8-10H2. The van der Waals surface area contributed by atoms with Crippen LogP contribution in [0.4, 0.5) is 13.2 Å². The number of alkyl halides is 3. The van der Waals surface area contributed by atoms with Crippen molar-refractivity contribution in [3.63, 3.8) is 0 Å². The van der Waals surface area contributed by atoms with Crippen LogP contribution in [0.1, 0.15) is 16.0 Å². The van der Waals surface area contributed by atoms with Crippen LogP contribution in [0.3, 0.4) is 0 Å². The number of benzene rings is 1. The van der Waals surface area contributed by atoms with E-state index >= 15 is 0 Å². The van der Waals surface area contributed by atoms with Crippen molar-refractivity contribution in [1.29, 1.82) is 0 Å². The lowest BCUT2D eigenvalue weighted by Crippen LogP contribution is -2.61. The minimum absolute atomic E-state index is 0.0854. The molecule has 2 aromatic rings. The molecule has 0 bridgehead atoms. The second-order valence-electron chi connectivity index (χ2n) is 6.70. The molecule has 0 N–H and O–H groups in total. The van der Waals surface area contributed by atoms with E-state index in [0.29, 0.717) is 6.07 Å². The summed E-state index contributed by atoms with van der Waals surface area (Å²) in [5.74, 6) is 0. The Balaban J connectivity index is 1.48. The van der Waals surface area contributed by atoms with E-state index in [1.54, 1.807) is 11.3 Å². The first-order chi connectivity index (χ1) is 12.7. The second kappa shape index (κ2) is 6.73. The van der Waals surface area contributed by atoms with Gasteiger partial charge < -0.3 is 0 Å². The highest BCUT2D eigenvalue weighted by Crippen LogP contribution is 2.37. The predicted octanol–water partition coefficient (Wildman–Crippen LogP) is 3.85. The molecule has 0 aliphatic carbocycles. The summed E-state index contributed by atoms with van der Waals surface area (Å²) in [7, 11) is -3.97. The average Bonchev–Trinajstić information content (AvgIpc) is 3.00. The quantitative estimate of drug-likeness (QED) is 0.733. The molecule has 0 amide bonds. The van der Waals surface area contributed by atoms with Crippen LogP contribution in [-0.2, 0) is 29.2 Å². The van der Waals surface area contributed by atoms with Crippen LogP contribution < -0.4 is 0 Å². The third kappa shape index (κ3) is 3.51. The highest BCUT2D eigenvalue weighted by atomic mass is 35.5. The molecule has 2 aliphatic heterocycles. The lowest BCUT2D eigenvalue weighted by molar-refractivity contribution is -0.137. The minimum atomic E-state index is -4.70. The molecule has 0 saturated carbocycles. The number of halogens is 4. The van der Waals surface area contributed by atoms with Crippen molar-refractivity contribution < 1.29 is 21.6 Å². The highest BCUT2D eigenvalue weighted by Gasteiger charge is 2.42. The molecule has 1 saturated heterocycles. The van der Waals surface area contributed by atoms with Gasteiger partial charge in [-0.25, -0.2) is 8.42 Å². The van der Waals surface area contributed by atoms with E-state index in [0.717, 1.165) is 31.6 Å². The molecule has 146 valence electrons. The maximum absolute atomic E-state index is 13.0. The van der Waals surface area contributed by atoms with E-state index in [-0.39, 0.29) is 24.0 Å². The van der Waals surface area contributed by atoms with Crippen LogP contribution in [0, 0.1) is 0 Å². The Morgan fingerprint density at radius 3 is 2.63 bits per heavy atom. The lowest BCUT2D eigenvalue weighted by atomic mass is 10.0. The molecule has 0 radical (unpaired) electrons. The Kier molecular flexibility index (Phi) is 4.79. The van der Waals surface area contributed by atoms with Crippen LogP contribution in [0.2, 0.25) is 5.02 Å². The van der Waals surface area contributed by atoms with Crippen LogP contribution >= 0.6 is 22.9 Å². The second-order valence-corrected chi connectivity index (χ2v) is 10.1. The fraction of sp³-hybridized carbons (Fsp3) is 0.412. The summed E-state index contributed by atoms with van der Waals surface area (Å²) < 4.78 is 65.6. The van der Waals surface area contributed by atoms with Crippen molar-refractivity contribution in [3.8, 4) is 0 Å². The van der Waals surface area contributed by atoms with Gasteiger partial charge in [-0.3, -0.25) is 4.90 Å². The first kappa shape index (κ1) is 19.2.